The molecule has 0 radical (unpaired) electrons. The molecule has 0 bridgehead atoms. The molecule has 3 rings (SSSR count). The van der Waals surface area contributed by atoms with Crippen molar-refractivity contribution in [2.45, 2.75) is 20.4 Å². The van der Waals surface area contributed by atoms with Crippen LogP contribution in [0.4, 0.5) is 0 Å². The molecule has 1 aromatic heterocycles. The molecule has 0 saturated carbocycles. The minimum atomic E-state index is 0.0536. The van der Waals surface area contributed by atoms with Crippen LogP contribution in [-0.2, 0) is 6.54 Å². The number of aromatic nitrogens is 2. The predicted octanol–water partition coefficient (Wildman–Crippen LogP) is 3.84. The first-order valence-corrected chi connectivity index (χ1v) is 8.11. The van der Waals surface area contributed by atoms with Crippen LogP contribution in [0, 0.1) is 6.92 Å². The highest BCUT2D eigenvalue weighted by molar-refractivity contribution is 5.94. The number of imidazole rings is 1. The number of benzene rings is 2. The van der Waals surface area contributed by atoms with Gasteiger partial charge < -0.3 is 9.47 Å². The van der Waals surface area contributed by atoms with Crippen molar-refractivity contribution in [3.8, 4) is 5.69 Å². The van der Waals surface area contributed by atoms with E-state index in [1.165, 1.54) is 11.1 Å². The number of amides is 1. The van der Waals surface area contributed by atoms with Crippen LogP contribution in [0.2, 0.25) is 0 Å². The van der Waals surface area contributed by atoms with Gasteiger partial charge in [0.15, 0.2) is 0 Å². The topological polar surface area (TPSA) is 38.1 Å². The molecular weight excluding hydrogens is 298 g/mol. The molecular formula is C20H21N3O. The zero-order valence-corrected chi connectivity index (χ0v) is 14.0. The smallest absolute Gasteiger partial charge is 0.254 e. The number of carbonyl (C=O) groups excluding carboxylic acids is 1. The fourth-order valence-electron chi connectivity index (χ4n) is 2.69. The molecule has 24 heavy (non-hydrogen) atoms. The summed E-state index contributed by atoms with van der Waals surface area (Å²) in [6, 6.07) is 15.8. The van der Waals surface area contributed by atoms with Gasteiger partial charge >= 0.3 is 0 Å². The van der Waals surface area contributed by atoms with Crippen LogP contribution in [0.15, 0.2) is 67.3 Å². The van der Waals surface area contributed by atoms with Gasteiger partial charge in [0.2, 0.25) is 0 Å². The van der Waals surface area contributed by atoms with Gasteiger partial charge in [0.05, 0.1) is 6.33 Å². The zero-order chi connectivity index (χ0) is 16.9. The lowest BCUT2D eigenvalue weighted by atomic mass is 10.1. The van der Waals surface area contributed by atoms with Crippen molar-refractivity contribution in [1.29, 1.82) is 0 Å². The number of carbonyl (C=O) groups is 1. The summed E-state index contributed by atoms with van der Waals surface area (Å²) in [5.41, 5.74) is 4.09. The predicted molar refractivity (Wildman–Crippen MR) is 95.2 cm³/mol. The van der Waals surface area contributed by atoms with Crippen molar-refractivity contribution in [3.63, 3.8) is 0 Å². The third-order valence-corrected chi connectivity index (χ3v) is 4.21. The zero-order valence-electron chi connectivity index (χ0n) is 14.0. The molecule has 2 aromatic carbocycles. The van der Waals surface area contributed by atoms with Crippen LogP contribution in [0.5, 0.6) is 0 Å². The fraction of sp³-hybridized carbons (Fsp3) is 0.200. The lowest BCUT2D eigenvalue weighted by Crippen LogP contribution is -2.30. The second kappa shape index (κ2) is 7.13. The monoisotopic (exact) mass is 319 g/mol. The molecule has 3 aromatic rings. The maximum Gasteiger partial charge on any atom is 0.254 e. The summed E-state index contributed by atoms with van der Waals surface area (Å²) < 4.78 is 1.92. The van der Waals surface area contributed by atoms with Crippen molar-refractivity contribution in [2.75, 3.05) is 6.54 Å². The Morgan fingerprint density at radius 2 is 1.88 bits per heavy atom. The molecule has 0 saturated heterocycles. The Kier molecular flexibility index (Phi) is 4.75. The molecule has 1 heterocycles. The van der Waals surface area contributed by atoms with E-state index in [1.54, 1.807) is 12.5 Å². The Morgan fingerprint density at radius 3 is 2.50 bits per heavy atom. The SMILES string of the molecule is CCN(Cc1ccccc1C)C(=O)c1ccc(-n2ccnc2)cc1. The van der Waals surface area contributed by atoms with Crippen molar-refractivity contribution in [3.05, 3.63) is 83.9 Å². The number of hydrogen-bond donors (Lipinski definition) is 0. The maximum atomic E-state index is 12.8. The third-order valence-electron chi connectivity index (χ3n) is 4.21. The van der Waals surface area contributed by atoms with E-state index in [0.29, 0.717) is 18.7 Å². The minimum Gasteiger partial charge on any atom is -0.335 e. The van der Waals surface area contributed by atoms with E-state index in [-0.39, 0.29) is 5.91 Å². The highest BCUT2D eigenvalue weighted by atomic mass is 16.2. The second-order valence-electron chi connectivity index (χ2n) is 5.76. The van der Waals surface area contributed by atoms with Gasteiger partial charge in [0, 0.05) is 36.7 Å². The first kappa shape index (κ1) is 16.0. The molecule has 0 aliphatic carbocycles. The van der Waals surface area contributed by atoms with E-state index in [4.69, 9.17) is 0 Å². The molecule has 4 heteroatoms. The van der Waals surface area contributed by atoms with Crippen molar-refractivity contribution in [1.82, 2.24) is 14.5 Å². The summed E-state index contributed by atoms with van der Waals surface area (Å²) in [6.45, 7) is 5.39. The largest absolute Gasteiger partial charge is 0.335 e. The Labute approximate surface area is 142 Å². The molecule has 1 amide bonds. The molecule has 4 nitrogen and oxygen atoms in total. The van der Waals surface area contributed by atoms with Gasteiger partial charge in [0.1, 0.15) is 0 Å². The lowest BCUT2D eigenvalue weighted by Gasteiger charge is -2.22. The number of aryl methyl sites for hydroxylation is 1. The van der Waals surface area contributed by atoms with Gasteiger partial charge in [-0.1, -0.05) is 24.3 Å². The molecule has 122 valence electrons. The first-order valence-electron chi connectivity index (χ1n) is 8.11. The average Bonchev–Trinajstić information content (AvgIpc) is 3.15. The van der Waals surface area contributed by atoms with Crippen LogP contribution in [0.3, 0.4) is 0 Å². The lowest BCUT2D eigenvalue weighted by molar-refractivity contribution is 0.0752. The Bertz CT molecular complexity index is 807. The highest BCUT2D eigenvalue weighted by Gasteiger charge is 2.15. The summed E-state index contributed by atoms with van der Waals surface area (Å²) >= 11 is 0. The van der Waals surface area contributed by atoms with Gasteiger partial charge in [-0.15, -0.1) is 0 Å². The summed E-state index contributed by atoms with van der Waals surface area (Å²) in [4.78, 5) is 18.7. The number of rotatable bonds is 5. The van der Waals surface area contributed by atoms with E-state index in [9.17, 15) is 4.79 Å². The van der Waals surface area contributed by atoms with Crippen molar-refractivity contribution in [2.24, 2.45) is 0 Å². The molecule has 0 N–H and O–H groups in total. The Balaban J connectivity index is 1.77. The quantitative estimate of drug-likeness (QED) is 0.716. The van der Waals surface area contributed by atoms with Gasteiger partial charge in [-0.3, -0.25) is 4.79 Å². The van der Waals surface area contributed by atoms with Crippen molar-refractivity contribution < 1.29 is 4.79 Å². The van der Waals surface area contributed by atoms with E-state index >= 15 is 0 Å². The number of nitrogens with zero attached hydrogens (tertiary/aromatic N) is 3. The molecule has 0 aliphatic heterocycles. The Hall–Kier alpha value is -2.88. The standard InChI is InChI=1S/C20H21N3O/c1-3-22(14-18-7-5-4-6-16(18)2)20(24)17-8-10-19(11-9-17)23-13-12-21-15-23/h4-13,15H,3,14H2,1-2H3. The van der Waals surface area contributed by atoms with Gasteiger partial charge in [-0.25, -0.2) is 4.98 Å². The molecule has 0 atom stereocenters. The average molecular weight is 319 g/mol. The van der Waals surface area contributed by atoms with E-state index in [0.717, 1.165) is 5.69 Å². The van der Waals surface area contributed by atoms with Crippen LogP contribution in [-0.4, -0.2) is 26.9 Å². The molecule has 0 aliphatic rings. The normalized spacial score (nSPS) is 10.6. The Morgan fingerprint density at radius 1 is 1.12 bits per heavy atom. The summed E-state index contributed by atoms with van der Waals surface area (Å²) in [7, 11) is 0. The van der Waals surface area contributed by atoms with E-state index in [1.807, 2.05) is 59.0 Å². The summed E-state index contributed by atoms with van der Waals surface area (Å²) in [5.74, 6) is 0.0536. The number of hydrogen-bond acceptors (Lipinski definition) is 2. The second-order valence-corrected chi connectivity index (χ2v) is 5.76. The summed E-state index contributed by atoms with van der Waals surface area (Å²) in [6.07, 6.45) is 5.36. The van der Waals surface area contributed by atoms with Crippen LogP contribution < -0.4 is 0 Å². The summed E-state index contributed by atoms with van der Waals surface area (Å²) in [5, 5.41) is 0. The van der Waals surface area contributed by atoms with Crippen molar-refractivity contribution >= 4 is 5.91 Å². The molecule has 0 unspecified atom stereocenters. The molecule has 0 fully saturated rings. The first-order chi connectivity index (χ1) is 11.7. The maximum absolute atomic E-state index is 12.8. The van der Waals surface area contributed by atoms with Gasteiger partial charge in [-0.2, -0.15) is 0 Å². The van der Waals surface area contributed by atoms with E-state index < -0.39 is 0 Å². The minimum absolute atomic E-state index is 0.0536. The fourth-order valence-corrected chi connectivity index (χ4v) is 2.69. The van der Waals surface area contributed by atoms with Crippen LogP contribution >= 0.6 is 0 Å². The van der Waals surface area contributed by atoms with Gasteiger partial charge in [-0.05, 0) is 49.2 Å². The van der Waals surface area contributed by atoms with E-state index in [2.05, 4.69) is 24.0 Å². The van der Waals surface area contributed by atoms with Gasteiger partial charge in [0.25, 0.3) is 5.91 Å². The highest BCUT2D eigenvalue weighted by Crippen LogP contribution is 2.15. The molecule has 0 spiro atoms. The van der Waals surface area contributed by atoms with Crippen LogP contribution in [0.1, 0.15) is 28.4 Å². The third kappa shape index (κ3) is 3.38. The van der Waals surface area contributed by atoms with Crippen LogP contribution in [0.25, 0.3) is 5.69 Å².